The topological polar surface area (TPSA) is 79.0 Å². The van der Waals surface area contributed by atoms with Crippen LogP contribution in [0.3, 0.4) is 0 Å². The normalized spacial score (nSPS) is 19.5. The summed E-state index contributed by atoms with van der Waals surface area (Å²) in [6.45, 7) is 4.96. The monoisotopic (exact) mass is 348 g/mol. The van der Waals surface area contributed by atoms with Gasteiger partial charge in [-0.05, 0) is 50.3 Å². The molecule has 1 saturated heterocycles. The summed E-state index contributed by atoms with van der Waals surface area (Å²) in [5.41, 5.74) is 3.07. The van der Waals surface area contributed by atoms with E-state index < -0.39 is 9.84 Å². The van der Waals surface area contributed by atoms with E-state index in [1.54, 1.807) is 0 Å². The van der Waals surface area contributed by atoms with Crippen LogP contribution in [0.5, 0.6) is 0 Å². The molecular formula is C17H24N4O2S. The van der Waals surface area contributed by atoms with Crippen molar-refractivity contribution in [2.24, 2.45) is 5.92 Å². The highest BCUT2D eigenvalue weighted by molar-refractivity contribution is 7.90. The summed E-state index contributed by atoms with van der Waals surface area (Å²) in [6.07, 6.45) is 7.45. The molecular weight excluding hydrogens is 324 g/mol. The first-order valence-corrected chi connectivity index (χ1v) is 10.2. The largest absolute Gasteiger partial charge is 0.297 e. The second-order valence-electron chi connectivity index (χ2n) is 6.70. The summed E-state index contributed by atoms with van der Waals surface area (Å²) in [5, 5.41) is 6.80. The fourth-order valence-electron chi connectivity index (χ4n) is 3.41. The summed E-state index contributed by atoms with van der Waals surface area (Å²) in [4.78, 5) is 7.23. The minimum Gasteiger partial charge on any atom is -0.297 e. The zero-order chi connectivity index (χ0) is 17.2. The van der Waals surface area contributed by atoms with Crippen LogP contribution in [0.1, 0.15) is 29.8 Å². The van der Waals surface area contributed by atoms with Crippen molar-refractivity contribution in [2.45, 2.75) is 37.6 Å². The Morgan fingerprint density at radius 3 is 3.00 bits per heavy atom. The quantitative estimate of drug-likeness (QED) is 0.894. The highest BCUT2D eigenvalue weighted by atomic mass is 32.2. The van der Waals surface area contributed by atoms with Gasteiger partial charge in [-0.2, -0.15) is 5.10 Å². The lowest BCUT2D eigenvalue weighted by Gasteiger charge is -2.32. The van der Waals surface area contributed by atoms with Gasteiger partial charge < -0.3 is 0 Å². The zero-order valence-electron chi connectivity index (χ0n) is 14.2. The molecule has 7 heteroatoms. The number of aromatic amines is 1. The van der Waals surface area contributed by atoms with Crippen molar-refractivity contribution in [3.63, 3.8) is 0 Å². The first-order valence-electron chi connectivity index (χ1n) is 8.28. The van der Waals surface area contributed by atoms with E-state index >= 15 is 0 Å². The van der Waals surface area contributed by atoms with Crippen molar-refractivity contribution in [3.8, 4) is 0 Å². The van der Waals surface area contributed by atoms with Gasteiger partial charge in [-0.1, -0.05) is 6.07 Å². The Bertz CT molecular complexity index is 800. The second kappa shape index (κ2) is 7.03. The summed E-state index contributed by atoms with van der Waals surface area (Å²) in [7, 11) is -3.23. The van der Waals surface area contributed by atoms with Crippen LogP contribution in [0.25, 0.3) is 0 Å². The van der Waals surface area contributed by atoms with Gasteiger partial charge in [0, 0.05) is 25.5 Å². The summed E-state index contributed by atoms with van der Waals surface area (Å²) >= 11 is 0. The average Bonchev–Trinajstić information content (AvgIpc) is 2.98. The van der Waals surface area contributed by atoms with E-state index in [0.717, 1.165) is 50.3 Å². The minimum absolute atomic E-state index is 0.334. The molecule has 3 rings (SSSR count). The molecule has 0 bridgehead atoms. The average molecular weight is 348 g/mol. The molecule has 0 aromatic carbocycles. The van der Waals surface area contributed by atoms with Crippen LogP contribution in [-0.2, 0) is 22.8 Å². The number of aromatic nitrogens is 3. The summed E-state index contributed by atoms with van der Waals surface area (Å²) < 4.78 is 23.6. The minimum atomic E-state index is -3.23. The van der Waals surface area contributed by atoms with Crippen molar-refractivity contribution < 1.29 is 8.42 Å². The van der Waals surface area contributed by atoms with Crippen molar-refractivity contribution in [1.29, 1.82) is 0 Å². The van der Waals surface area contributed by atoms with E-state index in [-0.39, 0.29) is 0 Å². The van der Waals surface area contributed by atoms with Gasteiger partial charge in [0.15, 0.2) is 9.84 Å². The molecule has 1 unspecified atom stereocenters. The van der Waals surface area contributed by atoms with E-state index in [2.05, 4.69) is 33.1 Å². The van der Waals surface area contributed by atoms with Crippen LogP contribution >= 0.6 is 0 Å². The van der Waals surface area contributed by atoms with Crippen LogP contribution < -0.4 is 0 Å². The fourth-order valence-corrected chi connectivity index (χ4v) is 4.23. The number of hydrogen-bond donors (Lipinski definition) is 1. The lowest BCUT2D eigenvalue weighted by molar-refractivity contribution is 0.164. The van der Waals surface area contributed by atoms with Gasteiger partial charge in [-0.25, -0.2) is 8.42 Å². The zero-order valence-corrected chi connectivity index (χ0v) is 15.0. The first-order chi connectivity index (χ1) is 11.4. The molecule has 6 nitrogen and oxygen atoms in total. The molecule has 1 atom stereocenters. The third-order valence-corrected chi connectivity index (χ3v) is 5.82. The predicted molar refractivity (Wildman–Crippen MR) is 92.4 cm³/mol. The molecule has 0 radical (unpaired) electrons. The Hall–Kier alpha value is -1.73. The molecule has 1 fully saturated rings. The number of aryl methyl sites for hydroxylation is 1. The van der Waals surface area contributed by atoms with Crippen molar-refractivity contribution >= 4 is 9.84 Å². The van der Waals surface area contributed by atoms with Crippen LogP contribution in [0.2, 0.25) is 0 Å². The number of nitrogens with one attached hydrogen (secondary N) is 1. The van der Waals surface area contributed by atoms with E-state index in [1.165, 1.54) is 18.0 Å². The molecule has 3 heterocycles. The van der Waals surface area contributed by atoms with Gasteiger partial charge in [0.05, 0.1) is 17.6 Å². The highest BCUT2D eigenvalue weighted by Gasteiger charge is 2.24. The smallest absolute Gasteiger partial charge is 0.178 e. The molecule has 24 heavy (non-hydrogen) atoms. The van der Waals surface area contributed by atoms with Gasteiger partial charge in [0.1, 0.15) is 4.90 Å². The van der Waals surface area contributed by atoms with Gasteiger partial charge >= 0.3 is 0 Å². The Kier molecular flexibility index (Phi) is 5.01. The Labute approximate surface area is 143 Å². The highest BCUT2D eigenvalue weighted by Crippen LogP contribution is 2.24. The maximum atomic E-state index is 11.8. The van der Waals surface area contributed by atoms with Crippen LogP contribution in [0, 0.1) is 12.8 Å². The molecule has 0 amide bonds. The van der Waals surface area contributed by atoms with Crippen molar-refractivity contribution in [2.75, 3.05) is 19.3 Å². The van der Waals surface area contributed by atoms with Gasteiger partial charge in [0.2, 0.25) is 0 Å². The van der Waals surface area contributed by atoms with Crippen molar-refractivity contribution in [1.82, 2.24) is 20.1 Å². The Balaban J connectivity index is 1.66. The number of rotatable bonds is 5. The van der Waals surface area contributed by atoms with Crippen LogP contribution in [-0.4, -0.2) is 47.8 Å². The molecule has 2 aromatic rings. The molecule has 1 aliphatic rings. The van der Waals surface area contributed by atoms with Crippen LogP contribution in [0.4, 0.5) is 0 Å². The maximum absolute atomic E-state index is 11.8. The fraction of sp³-hybridized carbons (Fsp3) is 0.529. The third kappa shape index (κ3) is 4.02. The molecule has 0 saturated carbocycles. The summed E-state index contributed by atoms with van der Waals surface area (Å²) in [5.74, 6) is 0.434. The molecule has 0 aliphatic carbocycles. The SMILES string of the molecule is Cc1cccnc1CN1CCCC(Cc2[nH]ncc2S(C)(=O)=O)C1. The van der Waals surface area contributed by atoms with Gasteiger partial charge in [-0.3, -0.25) is 15.0 Å². The maximum Gasteiger partial charge on any atom is 0.178 e. The second-order valence-corrected chi connectivity index (χ2v) is 8.68. The predicted octanol–water partition coefficient (Wildman–Crippen LogP) is 1.97. The summed E-state index contributed by atoms with van der Waals surface area (Å²) in [6, 6.07) is 4.05. The Morgan fingerprint density at radius 1 is 1.42 bits per heavy atom. The molecule has 2 aromatic heterocycles. The van der Waals surface area contributed by atoms with Gasteiger partial charge in [0.25, 0.3) is 0 Å². The number of sulfone groups is 1. The standard InChI is InChI=1S/C17H24N4O2S/c1-13-5-3-7-18-16(13)12-21-8-4-6-14(11-21)9-15-17(10-19-20-15)24(2,22)23/h3,5,7,10,14H,4,6,8-9,11-12H2,1-2H3,(H,19,20). The lowest BCUT2D eigenvalue weighted by atomic mass is 9.93. The van der Waals surface area contributed by atoms with E-state index in [4.69, 9.17) is 0 Å². The molecule has 1 aliphatic heterocycles. The number of hydrogen-bond acceptors (Lipinski definition) is 5. The van der Waals surface area contributed by atoms with Crippen LogP contribution in [0.15, 0.2) is 29.4 Å². The Morgan fingerprint density at radius 2 is 2.25 bits per heavy atom. The number of likely N-dealkylation sites (tertiary alicyclic amines) is 1. The lowest BCUT2D eigenvalue weighted by Crippen LogP contribution is -2.36. The molecule has 130 valence electrons. The van der Waals surface area contributed by atoms with Crippen molar-refractivity contribution in [3.05, 3.63) is 41.5 Å². The number of nitrogens with zero attached hydrogens (tertiary/aromatic N) is 3. The molecule has 1 N–H and O–H groups in total. The number of piperidine rings is 1. The van der Waals surface area contributed by atoms with E-state index in [0.29, 0.717) is 10.8 Å². The number of pyridine rings is 1. The van der Waals surface area contributed by atoms with E-state index in [1.807, 2.05) is 12.3 Å². The number of H-pyrrole nitrogens is 1. The van der Waals surface area contributed by atoms with Gasteiger partial charge in [-0.15, -0.1) is 0 Å². The third-order valence-electron chi connectivity index (χ3n) is 4.67. The first kappa shape index (κ1) is 17.1. The van der Waals surface area contributed by atoms with E-state index in [9.17, 15) is 8.42 Å². The molecule has 0 spiro atoms.